The van der Waals surface area contributed by atoms with Crippen LogP contribution in [0.5, 0.6) is 5.75 Å². The molecule has 0 radical (unpaired) electrons. The molecule has 7 heteroatoms. The van der Waals surface area contributed by atoms with Gasteiger partial charge in [-0.2, -0.15) is 0 Å². The molecule has 1 aromatic carbocycles. The first-order valence-corrected chi connectivity index (χ1v) is 5.92. The predicted octanol–water partition coefficient (Wildman–Crippen LogP) is 2.23. The molecule has 0 saturated carbocycles. The van der Waals surface area contributed by atoms with E-state index in [2.05, 4.69) is 14.8 Å². The summed E-state index contributed by atoms with van der Waals surface area (Å²) in [4.78, 5) is 25.1. The lowest BCUT2D eigenvalue weighted by Gasteiger charge is -2.06. The van der Waals surface area contributed by atoms with Crippen molar-refractivity contribution >= 4 is 17.5 Å². The molecule has 0 unspecified atom stereocenters. The van der Waals surface area contributed by atoms with Crippen molar-refractivity contribution in [2.75, 3.05) is 13.2 Å². The molecule has 0 saturated heterocycles. The molecular formula is C13H11N3O4. The summed E-state index contributed by atoms with van der Waals surface area (Å²) in [6.07, 6.45) is 1.75. The molecule has 20 heavy (non-hydrogen) atoms. The average Bonchev–Trinajstić information content (AvgIpc) is 2.78. The van der Waals surface area contributed by atoms with Crippen LogP contribution in [0.15, 0.2) is 35.5 Å². The molecule has 2 rings (SSSR count). The summed E-state index contributed by atoms with van der Waals surface area (Å²) in [5, 5.41) is 3.39. The number of benzene rings is 1. The maximum atomic E-state index is 11.4. The fourth-order valence-corrected chi connectivity index (χ4v) is 1.68. The van der Waals surface area contributed by atoms with E-state index in [1.54, 1.807) is 24.3 Å². The number of nitrogens with zero attached hydrogens (tertiary/aromatic N) is 3. The lowest BCUT2D eigenvalue weighted by atomic mass is 10.1. The first-order chi connectivity index (χ1) is 9.70. The first kappa shape index (κ1) is 13.6. The van der Waals surface area contributed by atoms with Crippen molar-refractivity contribution in [2.24, 2.45) is 5.11 Å². The number of cyclic esters (lactones) is 2. The van der Waals surface area contributed by atoms with E-state index in [1.165, 1.54) is 0 Å². The second-order valence-corrected chi connectivity index (χ2v) is 3.95. The molecule has 102 valence electrons. The largest absolute Gasteiger partial charge is 0.494 e. The molecule has 0 amide bonds. The fraction of sp³-hybridized carbons (Fsp3) is 0.231. The Hall–Kier alpha value is -2.79. The number of azide groups is 1. The standard InChI is InChI=1S/C13H11N3O4/c14-16-15-5-2-6-19-10-4-1-3-9(7-10)11-8-12(17)20-13(11)18/h1,3-4,7-8H,2,5-6H2. The number of hydrogen-bond acceptors (Lipinski definition) is 5. The normalized spacial score (nSPS) is 13.5. The number of ether oxygens (including phenoxy) is 2. The molecule has 1 heterocycles. The van der Waals surface area contributed by atoms with Crippen LogP contribution in [0.1, 0.15) is 12.0 Å². The third-order valence-corrected chi connectivity index (χ3v) is 2.55. The molecule has 0 spiro atoms. The molecule has 0 aliphatic carbocycles. The molecule has 0 N–H and O–H groups in total. The Kier molecular flexibility index (Phi) is 4.36. The van der Waals surface area contributed by atoms with Crippen LogP contribution >= 0.6 is 0 Å². The van der Waals surface area contributed by atoms with Gasteiger partial charge in [-0.15, -0.1) is 0 Å². The van der Waals surface area contributed by atoms with Gasteiger partial charge in [-0.25, -0.2) is 9.59 Å². The van der Waals surface area contributed by atoms with Crippen molar-refractivity contribution in [3.05, 3.63) is 46.3 Å². The Balaban J connectivity index is 2.01. The van der Waals surface area contributed by atoms with Crippen molar-refractivity contribution in [3.63, 3.8) is 0 Å². The van der Waals surface area contributed by atoms with Gasteiger partial charge in [-0.3, -0.25) is 0 Å². The van der Waals surface area contributed by atoms with Crippen molar-refractivity contribution in [2.45, 2.75) is 6.42 Å². The Morgan fingerprint density at radius 1 is 1.35 bits per heavy atom. The monoisotopic (exact) mass is 273 g/mol. The van der Waals surface area contributed by atoms with E-state index in [1.807, 2.05) is 0 Å². The molecule has 0 aromatic heterocycles. The number of hydrogen-bond donors (Lipinski definition) is 0. The molecule has 0 bridgehead atoms. The summed E-state index contributed by atoms with van der Waals surface area (Å²) < 4.78 is 9.90. The van der Waals surface area contributed by atoms with Gasteiger partial charge in [0, 0.05) is 17.5 Å². The zero-order chi connectivity index (χ0) is 14.4. The van der Waals surface area contributed by atoms with Gasteiger partial charge in [-0.1, -0.05) is 17.2 Å². The van der Waals surface area contributed by atoms with Crippen molar-refractivity contribution in [1.82, 2.24) is 0 Å². The minimum atomic E-state index is -0.661. The lowest BCUT2D eigenvalue weighted by molar-refractivity contribution is -0.149. The van der Waals surface area contributed by atoms with Crippen LogP contribution in [0.4, 0.5) is 0 Å². The second-order valence-electron chi connectivity index (χ2n) is 3.95. The minimum absolute atomic E-state index is 0.217. The zero-order valence-corrected chi connectivity index (χ0v) is 10.5. The predicted molar refractivity (Wildman–Crippen MR) is 69.6 cm³/mol. The summed E-state index contributed by atoms with van der Waals surface area (Å²) in [6, 6.07) is 6.80. The highest BCUT2D eigenvalue weighted by atomic mass is 16.6. The third kappa shape index (κ3) is 3.37. The van der Waals surface area contributed by atoms with Gasteiger partial charge in [0.1, 0.15) is 5.75 Å². The minimum Gasteiger partial charge on any atom is -0.494 e. The number of esters is 2. The van der Waals surface area contributed by atoms with Crippen molar-refractivity contribution < 1.29 is 19.1 Å². The quantitative estimate of drug-likeness (QED) is 0.198. The smallest absolute Gasteiger partial charge is 0.346 e. The maximum Gasteiger partial charge on any atom is 0.346 e. The molecule has 1 aliphatic rings. The molecular weight excluding hydrogens is 262 g/mol. The summed E-state index contributed by atoms with van der Waals surface area (Å²) in [7, 11) is 0. The highest BCUT2D eigenvalue weighted by molar-refractivity contribution is 6.28. The SMILES string of the molecule is [N-]=[N+]=NCCCOc1cccc(C2=CC(=O)OC2=O)c1. The molecule has 1 aromatic rings. The Labute approximate surface area is 114 Å². The Bertz CT molecular complexity index is 618. The van der Waals surface area contributed by atoms with E-state index in [4.69, 9.17) is 10.3 Å². The average molecular weight is 273 g/mol. The highest BCUT2D eigenvalue weighted by Gasteiger charge is 2.25. The van der Waals surface area contributed by atoms with Crippen LogP contribution in [0.25, 0.3) is 16.0 Å². The van der Waals surface area contributed by atoms with Crippen molar-refractivity contribution in [1.29, 1.82) is 0 Å². The molecule has 0 atom stereocenters. The molecule has 1 aliphatic heterocycles. The van der Waals surface area contributed by atoms with E-state index in [0.29, 0.717) is 30.9 Å². The van der Waals surface area contributed by atoms with Gasteiger partial charge in [0.2, 0.25) is 0 Å². The van der Waals surface area contributed by atoms with Crippen LogP contribution in [0.2, 0.25) is 0 Å². The van der Waals surface area contributed by atoms with Gasteiger partial charge in [0.05, 0.1) is 12.2 Å². The van der Waals surface area contributed by atoms with E-state index in [0.717, 1.165) is 6.08 Å². The lowest BCUT2D eigenvalue weighted by Crippen LogP contribution is -2.02. The van der Waals surface area contributed by atoms with Crippen LogP contribution in [-0.4, -0.2) is 25.1 Å². The maximum absolute atomic E-state index is 11.4. The summed E-state index contributed by atoms with van der Waals surface area (Å²) >= 11 is 0. The van der Waals surface area contributed by atoms with Gasteiger partial charge >= 0.3 is 11.9 Å². The topological polar surface area (TPSA) is 101 Å². The molecule has 0 fully saturated rings. The second kappa shape index (κ2) is 6.40. The number of carbonyl (C=O) groups excluding carboxylic acids is 2. The van der Waals surface area contributed by atoms with Crippen LogP contribution in [-0.2, 0) is 14.3 Å². The van der Waals surface area contributed by atoms with Gasteiger partial charge in [0.25, 0.3) is 0 Å². The fourth-order valence-electron chi connectivity index (χ4n) is 1.68. The van der Waals surface area contributed by atoms with Crippen LogP contribution in [0.3, 0.4) is 0 Å². The van der Waals surface area contributed by atoms with E-state index in [9.17, 15) is 9.59 Å². The van der Waals surface area contributed by atoms with Gasteiger partial charge in [0.15, 0.2) is 0 Å². The van der Waals surface area contributed by atoms with Crippen LogP contribution < -0.4 is 4.74 Å². The van der Waals surface area contributed by atoms with E-state index >= 15 is 0 Å². The van der Waals surface area contributed by atoms with E-state index in [-0.39, 0.29) is 5.57 Å². The zero-order valence-electron chi connectivity index (χ0n) is 10.5. The van der Waals surface area contributed by atoms with Gasteiger partial charge in [-0.05, 0) is 29.6 Å². The Morgan fingerprint density at radius 2 is 2.20 bits per heavy atom. The first-order valence-electron chi connectivity index (χ1n) is 5.92. The third-order valence-electron chi connectivity index (χ3n) is 2.55. The summed E-state index contributed by atoms with van der Waals surface area (Å²) in [5.74, 6) is -0.752. The van der Waals surface area contributed by atoms with E-state index < -0.39 is 11.9 Å². The van der Waals surface area contributed by atoms with Gasteiger partial charge < -0.3 is 9.47 Å². The number of rotatable bonds is 6. The molecule has 7 nitrogen and oxygen atoms in total. The van der Waals surface area contributed by atoms with Crippen LogP contribution in [0, 0.1) is 0 Å². The Morgan fingerprint density at radius 3 is 2.90 bits per heavy atom. The summed E-state index contributed by atoms with van der Waals surface area (Å²) in [6.45, 7) is 0.757. The number of carbonyl (C=O) groups is 2. The van der Waals surface area contributed by atoms with Crippen molar-refractivity contribution in [3.8, 4) is 5.75 Å². The summed E-state index contributed by atoms with van der Waals surface area (Å²) in [5.41, 5.74) is 8.91. The highest BCUT2D eigenvalue weighted by Crippen LogP contribution is 2.24.